The largest absolute Gasteiger partial charge is 0.497 e. The predicted octanol–water partition coefficient (Wildman–Crippen LogP) is 4.39. The molecule has 1 amide bonds. The van der Waals surface area contributed by atoms with Crippen LogP contribution in [-0.4, -0.2) is 29.6 Å². The van der Waals surface area contributed by atoms with Crippen LogP contribution in [0, 0.1) is 0 Å². The van der Waals surface area contributed by atoms with Gasteiger partial charge in [-0.15, -0.1) is 11.3 Å². The molecular weight excluding hydrogens is 336 g/mol. The molecule has 1 aromatic carbocycles. The zero-order valence-corrected chi connectivity index (χ0v) is 14.7. The van der Waals surface area contributed by atoms with E-state index in [1.807, 2.05) is 40.6 Å². The van der Waals surface area contributed by atoms with E-state index in [2.05, 4.69) is 11.2 Å². The summed E-state index contributed by atoms with van der Waals surface area (Å²) in [5, 5.41) is 6.05. The summed E-state index contributed by atoms with van der Waals surface area (Å²) in [7, 11) is 1.63. The molecule has 1 aliphatic heterocycles. The first kappa shape index (κ1) is 15.9. The first-order valence-electron chi connectivity index (χ1n) is 8.22. The smallest absolute Gasteiger partial charge is 0.276 e. The first-order chi connectivity index (χ1) is 12.3. The van der Waals surface area contributed by atoms with Gasteiger partial charge in [0.2, 0.25) is 0 Å². The van der Waals surface area contributed by atoms with Crippen LogP contribution in [0.4, 0.5) is 0 Å². The van der Waals surface area contributed by atoms with Gasteiger partial charge in [0, 0.05) is 23.1 Å². The van der Waals surface area contributed by atoms with E-state index in [4.69, 9.17) is 9.26 Å². The summed E-state index contributed by atoms with van der Waals surface area (Å²) in [5.41, 5.74) is 1.22. The van der Waals surface area contributed by atoms with Gasteiger partial charge in [-0.2, -0.15) is 0 Å². The van der Waals surface area contributed by atoms with Gasteiger partial charge in [0.25, 0.3) is 5.91 Å². The minimum atomic E-state index is -0.0700. The number of likely N-dealkylation sites (tertiary alicyclic amines) is 1. The number of thiophene rings is 1. The van der Waals surface area contributed by atoms with E-state index in [0.717, 1.165) is 30.7 Å². The molecule has 1 fully saturated rings. The molecule has 0 saturated carbocycles. The van der Waals surface area contributed by atoms with E-state index in [1.165, 1.54) is 4.88 Å². The zero-order chi connectivity index (χ0) is 17.2. The molecule has 25 heavy (non-hydrogen) atoms. The highest BCUT2D eigenvalue weighted by atomic mass is 32.1. The fourth-order valence-electron chi connectivity index (χ4n) is 3.20. The standard InChI is InChI=1S/C19H18N2O3S/c1-23-14-8-6-13(7-9-14)17-12-15(20-24-17)19(22)21-10-2-4-16(21)18-5-3-11-25-18/h3,5-9,11-12,16H,2,4,10H2,1H3/t16-/m0/s1. The number of methoxy groups -OCH3 is 1. The third-order valence-electron chi connectivity index (χ3n) is 4.49. The second-order valence-electron chi connectivity index (χ2n) is 5.98. The van der Waals surface area contributed by atoms with Crippen molar-refractivity contribution in [2.75, 3.05) is 13.7 Å². The van der Waals surface area contributed by atoms with E-state index in [9.17, 15) is 4.79 Å². The number of carbonyl (C=O) groups is 1. The molecular formula is C19H18N2O3S. The fraction of sp³-hybridized carbons (Fsp3) is 0.263. The Morgan fingerprint density at radius 2 is 2.16 bits per heavy atom. The van der Waals surface area contributed by atoms with Crippen LogP contribution in [0.5, 0.6) is 5.75 Å². The Hall–Kier alpha value is -2.60. The van der Waals surface area contributed by atoms with Gasteiger partial charge in [-0.25, -0.2) is 0 Å². The third-order valence-corrected chi connectivity index (χ3v) is 5.46. The zero-order valence-electron chi connectivity index (χ0n) is 13.8. The monoisotopic (exact) mass is 354 g/mol. The van der Waals surface area contributed by atoms with E-state index in [1.54, 1.807) is 24.5 Å². The summed E-state index contributed by atoms with van der Waals surface area (Å²) >= 11 is 1.69. The lowest BCUT2D eigenvalue weighted by molar-refractivity contribution is 0.0727. The van der Waals surface area contributed by atoms with Crippen LogP contribution < -0.4 is 4.74 Å². The molecule has 0 radical (unpaired) electrons. The molecule has 3 aromatic rings. The van der Waals surface area contributed by atoms with Gasteiger partial charge in [-0.1, -0.05) is 11.2 Å². The van der Waals surface area contributed by atoms with E-state index < -0.39 is 0 Å². The Kier molecular flexibility index (Phi) is 4.28. The molecule has 3 heterocycles. The number of rotatable bonds is 4. The Bertz CT molecular complexity index is 855. The van der Waals surface area contributed by atoms with E-state index in [-0.39, 0.29) is 11.9 Å². The summed E-state index contributed by atoms with van der Waals surface area (Å²) in [6.07, 6.45) is 2.01. The summed E-state index contributed by atoms with van der Waals surface area (Å²) in [6.45, 7) is 0.756. The van der Waals surface area contributed by atoms with Crippen LogP contribution in [0.2, 0.25) is 0 Å². The fourth-order valence-corrected chi connectivity index (χ4v) is 4.07. The number of hydrogen-bond acceptors (Lipinski definition) is 5. The summed E-state index contributed by atoms with van der Waals surface area (Å²) < 4.78 is 10.6. The number of ether oxygens (including phenoxy) is 1. The van der Waals surface area contributed by atoms with Gasteiger partial charge in [-0.3, -0.25) is 4.79 Å². The second-order valence-corrected chi connectivity index (χ2v) is 6.96. The maximum Gasteiger partial charge on any atom is 0.276 e. The number of carbonyl (C=O) groups excluding carboxylic acids is 1. The van der Waals surface area contributed by atoms with E-state index in [0.29, 0.717) is 11.5 Å². The highest BCUT2D eigenvalue weighted by molar-refractivity contribution is 7.10. The quantitative estimate of drug-likeness (QED) is 0.697. The van der Waals surface area contributed by atoms with Crippen molar-refractivity contribution >= 4 is 17.2 Å². The van der Waals surface area contributed by atoms with Crippen LogP contribution >= 0.6 is 11.3 Å². The van der Waals surface area contributed by atoms with Crippen molar-refractivity contribution in [3.63, 3.8) is 0 Å². The first-order valence-corrected chi connectivity index (χ1v) is 9.10. The molecule has 0 spiro atoms. The molecule has 0 aliphatic carbocycles. The summed E-state index contributed by atoms with van der Waals surface area (Å²) in [5.74, 6) is 1.28. The predicted molar refractivity (Wildman–Crippen MR) is 95.8 cm³/mol. The summed E-state index contributed by atoms with van der Waals surface area (Å²) in [6, 6.07) is 13.5. The number of benzene rings is 1. The lowest BCUT2D eigenvalue weighted by Gasteiger charge is -2.22. The molecule has 128 valence electrons. The van der Waals surface area contributed by atoms with Crippen LogP contribution in [0.1, 0.15) is 34.2 Å². The average Bonchev–Trinajstić information content (AvgIpc) is 3.42. The molecule has 0 unspecified atom stereocenters. The SMILES string of the molecule is COc1ccc(-c2cc(C(=O)N3CCC[C@H]3c3cccs3)no2)cc1. The highest BCUT2D eigenvalue weighted by Gasteiger charge is 2.32. The van der Waals surface area contributed by atoms with Crippen molar-refractivity contribution in [2.45, 2.75) is 18.9 Å². The lowest BCUT2D eigenvalue weighted by Crippen LogP contribution is -2.30. The number of aromatic nitrogens is 1. The molecule has 0 bridgehead atoms. The highest BCUT2D eigenvalue weighted by Crippen LogP contribution is 2.35. The lowest BCUT2D eigenvalue weighted by atomic mass is 10.1. The van der Waals surface area contributed by atoms with Crippen molar-refractivity contribution in [3.05, 3.63) is 58.4 Å². The molecule has 1 aliphatic rings. The van der Waals surface area contributed by atoms with Crippen molar-refractivity contribution in [2.24, 2.45) is 0 Å². The van der Waals surface area contributed by atoms with Crippen molar-refractivity contribution in [3.8, 4) is 17.1 Å². The Morgan fingerprint density at radius 3 is 2.88 bits per heavy atom. The van der Waals surface area contributed by atoms with Crippen LogP contribution in [0.15, 0.2) is 52.4 Å². The van der Waals surface area contributed by atoms with Gasteiger partial charge in [0.05, 0.1) is 13.2 Å². The van der Waals surface area contributed by atoms with Crippen LogP contribution in [0.3, 0.4) is 0 Å². The Balaban J connectivity index is 1.55. The van der Waals surface area contributed by atoms with Crippen LogP contribution in [0.25, 0.3) is 11.3 Å². The van der Waals surface area contributed by atoms with Gasteiger partial charge in [0.1, 0.15) is 5.75 Å². The summed E-state index contributed by atoms with van der Waals surface area (Å²) in [4.78, 5) is 16.0. The third kappa shape index (κ3) is 3.05. The van der Waals surface area contributed by atoms with Gasteiger partial charge in [-0.05, 0) is 48.6 Å². The Morgan fingerprint density at radius 1 is 1.32 bits per heavy atom. The molecule has 5 nitrogen and oxygen atoms in total. The average molecular weight is 354 g/mol. The van der Waals surface area contributed by atoms with Gasteiger partial charge < -0.3 is 14.2 Å². The van der Waals surface area contributed by atoms with Gasteiger partial charge in [0.15, 0.2) is 11.5 Å². The molecule has 4 rings (SSSR count). The van der Waals surface area contributed by atoms with Crippen molar-refractivity contribution < 1.29 is 14.1 Å². The number of amides is 1. The minimum Gasteiger partial charge on any atom is -0.497 e. The van der Waals surface area contributed by atoms with Crippen LogP contribution in [-0.2, 0) is 0 Å². The molecule has 1 atom stereocenters. The molecule has 6 heteroatoms. The normalized spacial score (nSPS) is 17.0. The molecule has 0 N–H and O–H groups in total. The Labute approximate surface area is 149 Å². The maximum atomic E-state index is 12.9. The van der Waals surface area contributed by atoms with Crippen molar-refractivity contribution in [1.82, 2.24) is 10.1 Å². The minimum absolute atomic E-state index is 0.0700. The number of nitrogens with zero attached hydrogens (tertiary/aromatic N) is 2. The topological polar surface area (TPSA) is 55.6 Å². The van der Waals surface area contributed by atoms with Gasteiger partial charge >= 0.3 is 0 Å². The maximum absolute atomic E-state index is 12.9. The number of hydrogen-bond donors (Lipinski definition) is 0. The van der Waals surface area contributed by atoms with E-state index >= 15 is 0 Å². The second kappa shape index (κ2) is 6.72. The molecule has 2 aromatic heterocycles. The van der Waals surface area contributed by atoms with Crippen molar-refractivity contribution in [1.29, 1.82) is 0 Å². The molecule has 1 saturated heterocycles.